The molecular formula is C28H33N3O2S. The van der Waals surface area contributed by atoms with Crippen LogP contribution < -0.4 is 15.1 Å². The van der Waals surface area contributed by atoms with Gasteiger partial charge in [-0.2, -0.15) is 0 Å². The molecule has 0 radical (unpaired) electrons. The van der Waals surface area contributed by atoms with Crippen LogP contribution in [-0.2, 0) is 16.0 Å². The number of carbonyl (C=O) groups is 2. The molecule has 1 N–H and O–H groups in total. The number of amides is 2. The first kappa shape index (κ1) is 24.1. The van der Waals surface area contributed by atoms with Crippen LogP contribution in [-0.4, -0.2) is 29.0 Å². The van der Waals surface area contributed by atoms with E-state index in [4.69, 9.17) is 12.2 Å². The molecule has 5 nitrogen and oxygen atoms in total. The lowest BCUT2D eigenvalue weighted by atomic mass is 9.79. The van der Waals surface area contributed by atoms with Crippen molar-refractivity contribution < 1.29 is 9.59 Å². The molecule has 2 aliphatic heterocycles. The summed E-state index contributed by atoms with van der Waals surface area (Å²) in [5.41, 5.74) is 6.39. The van der Waals surface area contributed by atoms with Crippen molar-refractivity contribution in [2.24, 2.45) is 0 Å². The van der Waals surface area contributed by atoms with E-state index in [9.17, 15) is 9.59 Å². The Hall–Kier alpha value is -2.99. The molecule has 2 amide bonds. The first-order valence-electron chi connectivity index (χ1n) is 12.0. The van der Waals surface area contributed by atoms with Gasteiger partial charge in [0, 0.05) is 17.8 Å². The van der Waals surface area contributed by atoms with Gasteiger partial charge >= 0.3 is 0 Å². The minimum absolute atomic E-state index is 0.0797. The van der Waals surface area contributed by atoms with Gasteiger partial charge in [0.1, 0.15) is 5.57 Å². The van der Waals surface area contributed by atoms with E-state index in [1.165, 1.54) is 21.7 Å². The number of hydrogen-bond acceptors (Lipinski definition) is 4. The first-order valence-corrected chi connectivity index (χ1v) is 12.4. The highest BCUT2D eigenvalue weighted by molar-refractivity contribution is 7.80. The molecule has 0 saturated carbocycles. The number of nitrogens with one attached hydrogen (secondary N) is 1. The van der Waals surface area contributed by atoms with Crippen LogP contribution in [0, 0.1) is 6.92 Å². The fourth-order valence-corrected chi connectivity index (χ4v) is 5.61. The maximum absolute atomic E-state index is 13.5. The Balaban J connectivity index is 1.75. The molecular weight excluding hydrogens is 442 g/mol. The van der Waals surface area contributed by atoms with Crippen molar-refractivity contribution in [3.63, 3.8) is 0 Å². The zero-order chi connectivity index (χ0) is 24.8. The fraction of sp³-hybridized carbons (Fsp3) is 0.393. The van der Waals surface area contributed by atoms with Crippen molar-refractivity contribution in [1.82, 2.24) is 5.32 Å². The van der Waals surface area contributed by atoms with Crippen LogP contribution in [0.1, 0.15) is 69.2 Å². The van der Waals surface area contributed by atoms with E-state index in [2.05, 4.69) is 57.0 Å². The van der Waals surface area contributed by atoms with Crippen molar-refractivity contribution in [3.8, 4) is 0 Å². The molecule has 1 fully saturated rings. The van der Waals surface area contributed by atoms with Crippen LogP contribution in [0.25, 0.3) is 6.08 Å². The van der Waals surface area contributed by atoms with E-state index in [0.29, 0.717) is 11.6 Å². The van der Waals surface area contributed by atoms with Gasteiger partial charge in [0.2, 0.25) is 0 Å². The number of anilines is 2. The van der Waals surface area contributed by atoms with Gasteiger partial charge in [0.25, 0.3) is 11.8 Å². The first-order chi connectivity index (χ1) is 16.1. The Morgan fingerprint density at radius 2 is 1.82 bits per heavy atom. The Morgan fingerprint density at radius 3 is 2.44 bits per heavy atom. The molecule has 2 aromatic rings. The number of rotatable bonds is 4. The summed E-state index contributed by atoms with van der Waals surface area (Å²) < 4.78 is 0. The highest BCUT2D eigenvalue weighted by atomic mass is 32.1. The lowest BCUT2D eigenvalue weighted by molar-refractivity contribution is -0.122. The number of thiocarbonyl (C=S) groups is 1. The van der Waals surface area contributed by atoms with Crippen LogP contribution in [0.3, 0.4) is 0 Å². The summed E-state index contributed by atoms with van der Waals surface area (Å²) >= 11 is 5.35. The summed E-state index contributed by atoms with van der Waals surface area (Å²) in [6.45, 7) is 14.0. The highest BCUT2D eigenvalue weighted by Crippen LogP contribution is 2.44. The third-order valence-electron chi connectivity index (χ3n) is 7.09. The van der Waals surface area contributed by atoms with Gasteiger partial charge in [-0.3, -0.25) is 19.8 Å². The highest BCUT2D eigenvalue weighted by Gasteiger charge is 2.37. The molecule has 4 rings (SSSR count). The Morgan fingerprint density at radius 1 is 1.15 bits per heavy atom. The zero-order valence-corrected chi connectivity index (χ0v) is 21.7. The summed E-state index contributed by atoms with van der Waals surface area (Å²) in [7, 11) is 0. The Labute approximate surface area is 207 Å². The number of nitrogens with zero attached hydrogens (tertiary/aromatic N) is 2. The number of fused-ring (bicyclic) bond motifs is 1. The molecule has 0 spiro atoms. The van der Waals surface area contributed by atoms with E-state index >= 15 is 0 Å². The molecule has 0 aromatic heterocycles. The molecule has 1 saturated heterocycles. The van der Waals surface area contributed by atoms with Gasteiger partial charge < -0.3 is 4.90 Å². The molecule has 2 aromatic carbocycles. The van der Waals surface area contributed by atoms with E-state index < -0.39 is 11.8 Å². The Bertz CT molecular complexity index is 1200. The average Bonchev–Trinajstić information content (AvgIpc) is 2.77. The number of aryl methyl sites for hydroxylation is 2. The largest absolute Gasteiger partial charge is 0.366 e. The van der Waals surface area contributed by atoms with Gasteiger partial charge in [-0.15, -0.1) is 0 Å². The lowest BCUT2D eigenvalue weighted by Crippen LogP contribution is -2.54. The van der Waals surface area contributed by atoms with Crippen LogP contribution in [0.2, 0.25) is 0 Å². The van der Waals surface area contributed by atoms with Crippen molar-refractivity contribution in [3.05, 3.63) is 64.2 Å². The third kappa shape index (κ3) is 4.16. The monoisotopic (exact) mass is 475 g/mol. The van der Waals surface area contributed by atoms with Crippen LogP contribution in [0.5, 0.6) is 0 Å². The predicted molar refractivity (Wildman–Crippen MR) is 143 cm³/mol. The SMILES string of the molecule is CCc1ccc(N2C(=O)/C(=C\c3cc4c(cc3C)N(CC)C(C)(C)CC4C)C(=O)NC2=S)cc1. The molecule has 178 valence electrons. The summed E-state index contributed by atoms with van der Waals surface area (Å²) in [5.74, 6) is -0.486. The second-order valence-electron chi connectivity index (χ2n) is 9.91. The predicted octanol–water partition coefficient (Wildman–Crippen LogP) is 5.50. The number of carbonyl (C=O) groups excluding carboxylic acids is 2. The van der Waals surface area contributed by atoms with Gasteiger partial charge in [0.05, 0.1) is 5.69 Å². The van der Waals surface area contributed by atoms with Gasteiger partial charge in [-0.1, -0.05) is 26.0 Å². The van der Waals surface area contributed by atoms with Crippen LogP contribution >= 0.6 is 12.2 Å². The molecule has 0 aliphatic carbocycles. The fourth-order valence-electron chi connectivity index (χ4n) is 5.33. The van der Waals surface area contributed by atoms with Crippen molar-refractivity contribution in [2.75, 3.05) is 16.3 Å². The number of hydrogen-bond donors (Lipinski definition) is 1. The Kier molecular flexibility index (Phi) is 6.38. The lowest BCUT2D eigenvalue weighted by Gasteiger charge is -2.47. The summed E-state index contributed by atoms with van der Waals surface area (Å²) in [6.07, 6.45) is 3.66. The maximum Gasteiger partial charge on any atom is 0.270 e. The molecule has 0 bridgehead atoms. The minimum Gasteiger partial charge on any atom is -0.366 e. The van der Waals surface area contributed by atoms with Crippen molar-refractivity contribution >= 4 is 46.6 Å². The van der Waals surface area contributed by atoms with Gasteiger partial charge in [-0.05, 0) is 111 Å². The normalized spacial score (nSPS) is 21.1. The second kappa shape index (κ2) is 8.99. The topological polar surface area (TPSA) is 52.7 Å². The molecule has 34 heavy (non-hydrogen) atoms. The van der Waals surface area contributed by atoms with Crippen molar-refractivity contribution in [2.45, 2.75) is 65.8 Å². The smallest absolute Gasteiger partial charge is 0.270 e. The van der Waals surface area contributed by atoms with Gasteiger partial charge in [0.15, 0.2) is 5.11 Å². The molecule has 2 aliphatic rings. The van der Waals surface area contributed by atoms with Crippen LogP contribution in [0.4, 0.5) is 11.4 Å². The van der Waals surface area contributed by atoms with E-state index in [1.807, 2.05) is 31.2 Å². The third-order valence-corrected chi connectivity index (χ3v) is 7.38. The minimum atomic E-state index is -0.460. The summed E-state index contributed by atoms with van der Waals surface area (Å²) in [4.78, 5) is 30.1. The molecule has 1 atom stereocenters. The molecule has 2 heterocycles. The summed E-state index contributed by atoms with van der Waals surface area (Å²) in [5, 5.41) is 2.80. The van der Waals surface area contributed by atoms with Gasteiger partial charge in [-0.25, -0.2) is 0 Å². The standard InChI is InChI=1S/C28H33N3O2S/c1-7-19-9-11-21(12-10-19)31-26(33)23(25(32)29-27(31)34)15-20-14-22-18(4)16-28(5,6)30(8-2)24(22)13-17(20)3/h9-15,18H,7-8,16H2,1-6H3,(H,29,32,34)/b23-15-. The van der Waals surface area contributed by atoms with E-state index in [-0.39, 0.29) is 16.2 Å². The van der Waals surface area contributed by atoms with E-state index in [0.717, 1.165) is 30.5 Å². The quantitative estimate of drug-likeness (QED) is 0.360. The van der Waals surface area contributed by atoms with Crippen LogP contribution in [0.15, 0.2) is 42.0 Å². The average molecular weight is 476 g/mol. The second-order valence-corrected chi connectivity index (χ2v) is 10.3. The van der Waals surface area contributed by atoms with Crippen molar-refractivity contribution in [1.29, 1.82) is 0 Å². The number of benzene rings is 2. The van der Waals surface area contributed by atoms with E-state index in [1.54, 1.807) is 6.08 Å². The zero-order valence-electron chi connectivity index (χ0n) is 20.9. The molecule has 6 heteroatoms. The molecule has 1 unspecified atom stereocenters. The summed E-state index contributed by atoms with van der Waals surface area (Å²) in [6, 6.07) is 12.0. The maximum atomic E-state index is 13.5.